The molecule has 4 aliphatic rings. The first kappa shape index (κ1) is 13.9. The fraction of sp³-hybridized carbons (Fsp3) is 0.529. The average molecular weight is 332 g/mol. The molecular formula is C17H18NO4S+. The third-order valence-corrected chi connectivity index (χ3v) is 6.87. The first-order chi connectivity index (χ1) is 11.1. The summed E-state index contributed by atoms with van der Waals surface area (Å²) in [6, 6.07) is 1.82. The van der Waals surface area contributed by atoms with Crippen molar-refractivity contribution < 1.29 is 19.2 Å². The Morgan fingerprint density at radius 2 is 2.26 bits per heavy atom. The number of benzene rings is 1. The zero-order chi connectivity index (χ0) is 15.9. The fourth-order valence-electron chi connectivity index (χ4n) is 5.36. The van der Waals surface area contributed by atoms with Gasteiger partial charge < -0.3 is 19.8 Å². The normalized spacial score (nSPS) is 39.7. The number of hydrogen-bond acceptors (Lipinski definition) is 5. The summed E-state index contributed by atoms with van der Waals surface area (Å²) in [5.41, 5.74) is 1.67. The monoisotopic (exact) mass is 332 g/mol. The molecule has 0 unspecified atom stereocenters. The topological polar surface area (TPSA) is 70.0 Å². The van der Waals surface area contributed by atoms with Gasteiger partial charge in [0.25, 0.3) is 4.90 Å². The van der Waals surface area contributed by atoms with Gasteiger partial charge in [0.05, 0.1) is 6.07 Å². The van der Waals surface area contributed by atoms with Gasteiger partial charge in [-0.05, 0) is 26.4 Å². The lowest BCUT2D eigenvalue weighted by molar-refractivity contribution is -0.0455. The Morgan fingerprint density at radius 1 is 1.43 bits per heavy atom. The van der Waals surface area contributed by atoms with E-state index >= 15 is 0 Å². The lowest BCUT2D eigenvalue weighted by Crippen LogP contribution is -2.64. The van der Waals surface area contributed by atoms with Gasteiger partial charge in [0.2, 0.25) is 0 Å². The van der Waals surface area contributed by atoms with Crippen LogP contribution in [0.25, 0.3) is 0 Å². The Kier molecular flexibility index (Phi) is 2.61. The highest BCUT2D eigenvalue weighted by molar-refractivity contribution is 7.65. The lowest BCUT2D eigenvalue weighted by Gasteiger charge is -2.56. The average Bonchev–Trinajstić information content (AvgIpc) is 2.89. The van der Waals surface area contributed by atoms with E-state index in [2.05, 4.69) is 18.0 Å². The number of likely N-dealkylation sites (tertiary alicyclic amines) is 1. The molecule has 2 bridgehead atoms. The summed E-state index contributed by atoms with van der Waals surface area (Å²) in [5.74, 6) is 0.752. The molecule has 1 aromatic rings. The maximum absolute atomic E-state index is 11.6. The Morgan fingerprint density at radius 3 is 3.04 bits per heavy atom. The number of rotatable bonds is 1. The second-order valence-corrected chi connectivity index (χ2v) is 7.75. The minimum absolute atomic E-state index is 0.0224. The summed E-state index contributed by atoms with van der Waals surface area (Å²) >= 11 is 0.437. The van der Waals surface area contributed by atoms with Crippen LogP contribution in [-0.4, -0.2) is 47.0 Å². The summed E-state index contributed by atoms with van der Waals surface area (Å²) in [5, 5.41) is 20.9. The quantitative estimate of drug-likeness (QED) is 0.593. The third-order valence-electron chi connectivity index (χ3n) is 6.33. The highest BCUT2D eigenvalue weighted by atomic mass is 32.1. The highest BCUT2D eigenvalue weighted by Crippen LogP contribution is 2.62. The van der Waals surface area contributed by atoms with Crippen molar-refractivity contribution in [2.75, 3.05) is 13.6 Å². The van der Waals surface area contributed by atoms with Gasteiger partial charge in [-0.3, -0.25) is 0 Å². The Hall–Kier alpha value is -1.50. The van der Waals surface area contributed by atoms with E-state index in [1.165, 1.54) is 6.07 Å². The van der Waals surface area contributed by atoms with Crippen LogP contribution in [0.5, 0.6) is 11.5 Å². The maximum atomic E-state index is 11.6. The van der Waals surface area contributed by atoms with Gasteiger partial charge in [0, 0.05) is 32.7 Å². The van der Waals surface area contributed by atoms with Crippen molar-refractivity contribution in [2.45, 2.75) is 41.4 Å². The second kappa shape index (κ2) is 4.32. The van der Waals surface area contributed by atoms with Crippen LogP contribution < -0.4 is 4.74 Å². The standard InChI is InChI=1S/C17H17NO4S/c1-18-5-4-17-9-2-3-11(19)16(17)22-15-12(20)7-13(23-21)8(14(15)17)6-10(9)18/h2-3,7,9-11,16,19H,4-6H2,1H3/p+1/t9-,10+,11-,16-,17-/m0/s1. The van der Waals surface area contributed by atoms with Crippen LogP contribution in [0.1, 0.15) is 17.5 Å². The van der Waals surface area contributed by atoms with Crippen LogP contribution in [-0.2, 0) is 27.7 Å². The largest absolute Gasteiger partial charge is 0.505 e. The van der Waals surface area contributed by atoms with Crippen LogP contribution in [0.15, 0.2) is 23.1 Å². The van der Waals surface area contributed by atoms with Crippen molar-refractivity contribution in [3.8, 4) is 11.5 Å². The summed E-state index contributed by atoms with van der Waals surface area (Å²) in [4.78, 5) is 2.94. The molecule has 5 rings (SSSR count). The molecule has 0 aromatic heterocycles. The number of ether oxygens (including phenoxy) is 1. The number of piperidine rings is 1. The van der Waals surface area contributed by atoms with Gasteiger partial charge in [-0.2, -0.15) is 0 Å². The van der Waals surface area contributed by atoms with Crippen molar-refractivity contribution in [1.82, 2.24) is 4.90 Å². The lowest BCUT2D eigenvalue weighted by atomic mass is 9.53. The first-order valence-corrected chi connectivity index (χ1v) is 8.74. The molecule has 23 heavy (non-hydrogen) atoms. The smallest absolute Gasteiger partial charge is 0.504 e. The van der Waals surface area contributed by atoms with E-state index in [1.54, 1.807) is 0 Å². The molecule has 6 heteroatoms. The first-order valence-electron chi connectivity index (χ1n) is 8.00. The van der Waals surface area contributed by atoms with E-state index in [0.717, 1.165) is 30.5 Å². The third kappa shape index (κ3) is 1.45. The summed E-state index contributed by atoms with van der Waals surface area (Å²) < 4.78 is 17.7. The van der Waals surface area contributed by atoms with E-state index in [4.69, 9.17) is 4.74 Å². The number of aliphatic hydroxyl groups excluding tert-OH is 1. The predicted octanol–water partition coefficient (Wildman–Crippen LogP) is 0.985. The molecule has 0 radical (unpaired) electrons. The zero-order valence-corrected chi connectivity index (χ0v) is 13.5. The van der Waals surface area contributed by atoms with E-state index in [-0.39, 0.29) is 23.2 Å². The Labute approximate surface area is 138 Å². The zero-order valence-electron chi connectivity index (χ0n) is 12.7. The van der Waals surface area contributed by atoms with Crippen molar-refractivity contribution in [2.24, 2.45) is 5.92 Å². The molecule has 120 valence electrons. The maximum Gasteiger partial charge on any atom is 0.505 e. The van der Waals surface area contributed by atoms with Gasteiger partial charge in [-0.25, -0.2) is 0 Å². The molecule has 2 aliphatic carbocycles. The predicted molar refractivity (Wildman–Crippen MR) is 83.9 cm³/mol. The number of aromatic hydroxyl groups is 1. The number of aliphatic hydroxyl groups is 1. The van der Waals surface area contributed by atoms with E-state index in [9.17, 15) is 14.4 Å². The molecule has 0 amide bonds. The molecule has 0 saturated carbocycles. The molecule has 2 heterocycles. The SMILES string of the molecule is CN1CC[C@]23c4c5c([S+]=O)cc(O)c4O[C@H]2[C@@H](O)C=C[C@H]3[C@H]1C5. The van der Waals surface area contributed by atoms with Crippen LogP contribution in [0.2, 0.25) is 0 Å². The number of nitrogens with zero attached hydrogens (tertiary/aromatic N) is 1. The van der Waals surface area contributed by atoms with Gasteiger partial charge in [-0.15, -0.1) is 0 Å². The molecule has 5 nitrogen and oxygen atoms in total. The summed E-state index contributed by atoms with van der Waals surface area (Å²) in [7, 11) is 2.12. The Balaban J connectivity index is 1.87. The van der Waals surface area contributed by atoms with Crippen molar-refractivity contribution >= 4 is 11.7 Å². The van der Waals surface area contributed by atoms with Gasteiger partial charge >= 0.3 is 11.7 Å². The van der Waals surface area contributed by atoms with Gasteiger partial charge in [0.1, 0.15) is 12.2 Å². The molecular weight excluding hydrogens is 314 g/mol. The summed E-state index contributed by atoms with van der Waals surface area (Å²) in [6.45, 7) is 0.927. The van der Waals surface area contributed by atoms with E-state index in [1.807, 2.05) is 6.08 Å². The minimum Gasteiger partial charge on any atom is -0.504 e. The molecule has 2 aliphatic heterocycles. The fourth-order valence-corrected chi connectivity index (χ4v) is 5.81. The van der Waals surface area contributed by atoms with Gasteiger partial charge in [0.15, 0.2) is 11.5 Å². The number of likely N-dealkylation sites (N-methyl/N-ethyl adjacent to an activating group) is 1. The van der Waals surface area contributed by atoms with Crippen LogP contribution in [0.3, 0.4) is 0 Å². The minimum atomic E-state index is -0.684. The number of hydrogen-bond donors (Lipinski definition) is 2. The van der Waals surface area contributed by atoms with Gasteiger partial charge in [-0.1, -0.05) is 12.2 Å². The molecule has 1 spiro atoms. The molecule has 5 atom stereocenters. The number of phenols is 1. The molecule has 1 aromatic carbocycles. The van der Waals surface area contributed by atoms with E-state index in [0.29, 0.717) is 28.4 Å². The van der Waals surface area contributed by atoms with Crippen LogP contribution >= 0.6 is 0 Å². The summed E-state index contributed by atoms with van der Waals surface area (Å²) in [6.07, 6.45) is 4.54. The second-order valence-electron chi connectivity index (χ2n) is 7.14. The van der Waals surface area contributed by atoms with Crippen LogP contribution in [0, 0.1) is 5.92 Å². The number of phenolic OH excluding ortho intramolecular Hbond substituents is 1. The Bertz CT molecular complexity index is 763. The van der Waals surface area contributed by atoms with Crippen molar-refractivity contribution in [3.63, 3.8) is 0 Å². The van der Waals surface area contributed by atoms with Crippen molar-refractivity contribution in [3.05, 3.63) is 29.3 Å². The van der Waals surface area contributed by atoms with Crippen LogP contribution in [0.4, 0.5) is 0 Å². The van der Waals surface area contributed by atoms with E-state index < -0.39 is 6.10 Å². The molecule has 1 saturated heterocycles. The molecule has 2 N–H and O–H groups in total. The van der Waals surface area contributed by atoms with Crippen molar-refractivity contribution in [1.29, 1.82) is 0 Å². The highest BCUT2D eigenvalue weighted by Gasteiger charge is 2.65. The molecule has 1 fully saturated rings.